The van der Waals surface area contributed by atoms with Crippen molar-refractivity contribution in [3.8, 4) is 28.3 Å². The summed E-state index contributed by atoms with van der Waals surface area (Å²) in [6.07, 6.45) is 2.91. The van der Waals surface area contributed by atoms with E-state index >= 15 is 0 Å². The summed E-state index contributed by atoms with van der Waals surface area (Å²) in [6.45, 7) is 24.0. The lowest BCUT2D eigenvalue weighted by atomic mass is 9.92. The van der Waals surface area contributed by atoms with Crippen LogP contribution in [0.5, 0.6) is 0 Å². The lowest BCUT2D eigenvalue weighted by Gasteiger charge is -2.26. The number of carbonyl (C=O) groups excluding carboxylic acids is 3. The molecule has 0 unspecified atom stereocenters. The molecule has 0 radical (unpaired) electrons. The number of nitrogens with zero attached hydrogens (tertiary/aromatic N) is 13. The minimum absolute atomic E-state index is 0.207. The van der Waals surface area contributed by atoms with Crippen LogP contribution in [0.25, 0.3) is 39.4 Å². The van der Waals surface area contributed by atoms with Gasteiger partial charge in [0.1, 0.15) is 29.6 Å². The normalized spacial score (nSPS) is 16.0. The summed E-state index contributed by atoms with van der Waals surface area (Å²) >= 11 is 1.37. The third kappa shape index (κ3) is 21.5. The van der Waals surface area contributed by atoms with Gasteiger partial charge in [-0.3, -0.25) is 46.6 Å². The molecule has 3 saturated heterocycles. The lowest BCUT2D eigenvalue weighted by Crippen LogP contribution is -2.39. The van der Waals surface area contributed by atoms with E-state index in [1.807, 2.05) is 151 Å². The second-order valence-corrected chi connectivity index (χ2v) is 38.1. The van der Waals surface area contributed by atoms with Gasteiger partial charge in [-0.05, 0) is 71.3 Å². The molecule has 110 heavy (non-hydrogen) atoms. The van der Waals surface area contributed by atoms with Crippen molar-refractivity contribution in [1.29, 1.82) is 0 Å². The quantitative estimate of drug-likeness (QED) is 0.0472. The number of anilines is 6. The summed E-state index contributed by atoms with van der Waals surface area (Å²) in [6, 6.07) is 47.1. The maximum Gasteiger partial charge on any atom is 0.327 e. The number of sulfone groups is 3. The zero-order chi connectivity index (χ0) is 78.2. The van der Waals surface area contributed by atoms with Gasteiger partial charge >= 0.3 is 18.1 Å². The highest BCUT2D eigenvalue weighted by Gasteiger charge is 2.29. The molecule has 3 aliphatic rings. The number of hydrogen-bond donors (Lipinski definition) is 7. The molecular formula is C77H92N20O9S4. The van der Waals surface area contributed by atoms with E-state index in [9.17, 15) is 39.6 Å². The van der Waals surface area contributed by atoms with Crippen molar-refractivity contribution in [3.63, 3.8) is 0 Å². The van der Waals surface area contributed by atoms with Crippen LogP contribution in [-0.2, 0) is 65.4 Å². The number of fused-ring (bicyclic) bond motifs is 1. The monoisotopic (exact) mass is 1570 g/mol. The van der Waals surface area contributed by atoms with E-state index in [0.717, 1.165) is 73.1 Å². The van der Waals surface area contributed by atoms with Gasteiger partial charge in [0.05, 0.1) is 85.4 Å². The molecule has 3 fully saturated rings. The Bertz CT molecular complexity index is 5320. The molecule has 0 bridgehead atoms. The predicted molar refractivity (Wildman–Crippen MR) is 432 cm³/mol. The highest BCUT2D eigenvalue weighted by Crippen LogP contribution is 2.32. The molecule has 578 valence electrons. The highest BCUT2D eigenvalue weighted by atomic mass is 32.2. The van der Waals surface area contributed by atoms with Crippen molar-refractivity contribution in [1.82, 2.24) is 69.0 Å². The minimum atomic E-state index is -2.90. The van der Waals surface area contributed by atoms with Gasteiger partial charge in [0, 0.05) is 110 Å². The fourth-order valence-corrected chi connectivity index (χ4v) is 16.6. The zero-order valence-corrected chi connectivity index (χ0v) is 66.2. The Kier molecular flexibility index (Phi) is 24.0. The van der Waals surface area contributed by atoms with Crippen LogP contribution in [0.3, 0.4) is 0 Å². The van der Waals surface area contributed by atoms with Crippen LogP contribution in [-0.4, -0.2) is 186 Å². The number of rotatable bonds is 16. The summed E-state index contributed by atoms with van der Waals surface area (Å²) < 4.78 is 75.3. The molecule has 7 N–H and O–H groups in total. The Hall–Kier alpha value is -10.6. The molecule has 0 atom stereocenters. The molecule has 5 aromatic carbocycles. The SMILES string of the molecule is CC(C)(C)c1cc(NC(=O)Nc2ccncn2)n(-c2ccc(CN3CCS(=O)(=O)CC3)cc2)n1.CC(C)(C)c1cc(NC(=O)Nc2nc(-c3ccccc3)cs2)n(-c2ccc(CN3CCS(=O)(=O)CC3)cc2)n1.CC(C)(C)c1cc(NC(=O)Nc2nc3ccccc3[nH]2)n(-c2ccc(CN3CCS(=O)(=O)CC3)cc2)n1. The van der Waals surface area contributed by atoms with Gasteiger partial charge in [0.25, 0.3) is 0 Å². The molecule has 14 rings (SSSR count). The van der Waals surface area contributed by atoms with Gasteiger partial charge in [0.2, 0.25) is 5.95 Å². The summed E-state index contributed by atoms with van der Waals surface area (Å²) in [4.78, 5) is 64.7. The molecule has 0 saturated carbocycles. The number of H-pyrrole nitrogens is 1. The third-order valence-corrected chi connectivity index (χ3v) is 24.1. The summed E-state index contributed by atoms with van der Waals surface area (Å²) in [5.74, 6) is 3.61. The molecule has 33 heteroatoms. The Morgan fingerprint density at radius 3 is 1.21 bits per heavy atom. The topological polar surface area (TPSA) is 356 Å². The number of imidazole rings is 1. The first-order valence-electron chi connectivity index (χ1n) is 36.0. The maximum absolute atomic E-state index is 12.9. The zero-order valence-electron chi connectivity index (χ0n) is 62.9. The number of urea groups is 3. The first kappa shape index (κ1) is 79.0. The van der Waals surface area contributed by atoms with Gasteiger partial charge in [-0.2, -0.15) is 15.3 Å². The fraction of sp³-hybridized carbons (Fsp3) is 0.351. The van der Waals surface area contributed by atoms with Crippen LogP contribution in [0.15, 0.2) is 170 Å². The first-order chi connectivity index (χ1) is 52.2. The van der Waals surface area contributed by atoms with E-state index in [0.29, 0.717) is 93.3 Å². The van der Waals surface area contributed by atoms with E-state index in [1.54, 1.807) is 26.3 Å². The van der Waals surface area contributed by atoms with Crippen LogP contribution in [0, 0.1) is 0 Å². The standard InChI is InChI=1S/C28H32N6O3S2.C26H31N7O3S.C23H29N7O3S/c1-28(2,3)24-17-25(30-26(35)31-27-29-23(19-38-27)21-7-5-4-6-8-21)34(32-24)22-11-9-20(10-12-22)18-33-13-15-39(36,37)16-14-33;1-26(2,3)22-16-23(29-25(34)30-24-27-20-6-4-5-7-21(20)28-24)33(31-22)19-10-8-18(9-11-19)17-32-12-14-37(35,36)15-13-32;1-23(2,3)19-14-21(27-22(31)26-20-8-9-24-16-25-20)30(28-19)18-6-4-17(5-7-18)15-29-10-12-34(32,33)13-11-29/h4-12,17,19H,13-16,18H2,1-3H3,(H2,29,30,31,35);4-11,16H,12-15,17H2,1-3H3,(H3,27,28,29,30,34);4-9,14,16H,10-13,15H2,1-3H3,(H2,24,25,26,27,31). The van der Waals surface area contributed by atoms with E-state index in [4.69, 9.17) is 15.3 Å². The number of benzene rings is 5. The molecule has 6 amide bonds. The Balaban J connectivity index is 0.000000154. The Morgan fingerprint density at radius 1 is 0.445 bits per heavy atom. The number of carbonyl (C=O) groups is 3. The minimum Gasteiger partial charge on any atom is -0.324 e. The second kappa shape index (κ2) is 33.3. The molecular weight excluding hydrogens is 1480 g/mol. The van der Waals surface area contributed by atoms with Crippen molar-refractivity contribution < 1.29 is 39.6 Å². The molecule has 0 spiro atoms. The first-order valence-corrected chi connectivity index (χ1v) is 42.4. The van der Waals surface area contributed by atoms with Crippen LogP contribution in [0.1, 0.15) is 96.1 Å². The van der Waals surface area contributed by atoms with Gasteiger partial charge < -0.3 is 4.98 Å². The molecule has 9 heterocycles. The average Bonchev–Trinajstić information content (AvgIpc) is 1.70. The van der Waals surface area contributed by atoms with Crippen LogP contribution in [0.4, 0.5) is 48.7 Å². The molecule has 3 aliphatic heterocycles. The number of thiazole rings is 1. The van der Waals surface area contributed by atoms with E-state index in [2.05, 4.69) is 134 Å². The molecule has 0 aliphatic carbocycles. The van der Waals surface area contributed by atoms with Gasteiger partial charge in [-0.1, -0.05) is 141 Å². The fourth-order valence-electron chi connectivity index (χ4n) is 12.0. The van der Waals surface area contributed by atoms with Gasteiger partial charge in [0.15, 0.2) is 34.6 Å². The maximum atomic E-state index is 12.9. The number of amides is 6. The van der Waals surface area contributed by atoms with E-state index in [-0.39, 0.29) is 50.8 Å². The second-order valence-electron chi connectivity index (χ2n) is 30.4. The number of nitrogens with one attached hydrogen (secondary N) is 7. The summed E-state index contributed by atoms with van der Waals surface area (Å²) in [7, 11) is -8.70. The number of para-hydroxylation sites is 2. The summed E-state index contributed by atoms with van der Waals surface area (Å²) in [5, 5.41) is 33.7. The third-order valence-electron chi connectivity index (χ3n) is 18.5. The number of hydrogen-bond acceptors (Lipinski definition) is 20. The van der Waals surface area contributed by atoms with E-state index in [1.165, 1.54) is 17.7 Å². The predicted octanol–water partition coefficient (Wildman–Crippen LogP) is 11.9. The molecule has 29 nitrogen and oxygen atoms in total. The number of aromatic amines is 1. The van der Waals surface area contributed by atoms with E-state index < -0.39 is 47.6 Å². The van der Waals surface area contributed by atoms with Gasteiger partial charge in [-0.25, -0.2) is 73.6 Å². The number of aromatic nitrogens is 11. The smallest absolute Gasteiger partial charge is 0.324 e. The van der Waals surface area contributed by atoms with Gasteiger partial charge in [-0.15, -0.1) is 11.3 Å². The van der Waals surface area contributed by atoms with Crippen LogP contribution in [0.2, 0.25) is 0 Å². The van der Waals surface area contributed by atoms with Crippen LogP contribution >= 0.6 is 11.3 Å². The van der Waals surface area contributed by atoms with Crippen molar-refractivity contribution in [2.45, 2.75) is 98.2 Å². The van der Waals surface area contributed by atoms with Crippen molar-refractivity contribution in [3.05, 3.63) is 203 Å². The lowest BCUT2D eigenvalue weighted by molar-refractivity contribution is 0.261. The molecule has 6 aromatic heterocycles. The van der Waals surface area contributed by atoms with Crippen molar-refractivity contribution in [2.24, 2.45) is 0 Å². The molecule has 11 aromatic rings. The Morgan fingerprint density at radius 2 is 0.827 bits per heavy atom. The summed E-state index contributed by atoms with van der Waals surface area (Å²) in [5.41, 5.74) is 11.0. The Labute approximate surface area is 644 Å². The highest BCUT2D eigenvalue weighted by molar-refractivity contribution is 7.92. The largest absolute Gasteiger partial charge is 0.327 e. The van der Waals surface area contributed by atoms with Crippen molar-refractivity contribution in [2.75, 3.05) is 106 Å². The average molecular weight is 1570 g/mol. The van der Waals surface area contributed by atoms with Crippen LogP contribution < -0.4 is 31.9 Å². The van der Waals surface area contributed by atoms with Crippen molar-refractivity contribution >= 4 is 104 Å².